The van der Waals surface area contributed by atoms with Gasteiger partial charge in [0.1, 0.15) is 0 Å². The number of rotatable bonds is 6. The average Bonchev–Trinajstić information content (AvgIpc) is 2.45. The van der Waals surface area contributed by atoms with E-state index in [9.17, 15) is 14.1 Å². The van der Waals surface area contributed by atoms with Crippen LogP contribution in [0.25, 0.3) is 0 Å². The van der Waals surface area contributed by atoms with Gasteiger partial charge >= 0.3 is 0 Å². The molecule has 0 spiro atoms. The van der Waals surface area contributed by atoms with Crippen LogP contribution < -0.4 is 5.54 Å². The Kier molecular flexibility index (Phi) is 5.99. The Morgan fingerprint density at radius 3 is 2.26 bits per heavy atom. The largest absolute Gasteiger partial charge is 0.339 e. The van der Waals surface area contributed by atoms with Crippen molar-refractivity contribution in [2.45, 2.75) is 26.7 Å². The molecule has 1 N–H and O–H groups in total. The van der Waals surface area contributed by atoms with Gasteiger partial charge < -0.3 is 4.90 Å². The third kappa shape index (κ3) is 4.05. The van der Waals surface area contributed by atoms with Crippen LogP contribution in [0.1, 0.15) is 47.4 Å². The van der Waals surface area contributed by atoms with Crippen LogP contribution >= 0.6 is 0 Å². The highest BCUT2D eigenvalue weighted by Gasteiger charge is 2.15. The van der Waals surface area contributed by atoms with Crippen LogP contribution in [0.2, 0.25) is 0 Å². The van der Waals surface area contributed by atoms with E-state index in [1.165, 1.54) is 12.1 Å². The summed E-state index contributed by atoms with van der Waals surface area (Å²) in [6.07, 6.45) is 1.74. The van der Waals surface area contributed by atoms with Crippen molar-refractivity contribution in [1.29, 1.82) is 0 Å². The summed E-state index contributed by atoms with van der Waals surface area (Å²) in [6, 6.07) is 6.09. The number of amides is 2. The van der Waals surface area contributed by atoms with Crippen LogP contribution in [0.4, 0.5) is 4.48 Å². The van der Waals surface area contributed by atoms with Gasteiger partial charge in [-0.05, 0) is 31.0 Å². The molecule has 0 bridgehead atoms. The molecular weight excluding hydrogens is 247 g/mol. The molecule has 0 heterocycles. The van der Waals surface area contributed by atoms with Gasteiger partial charge in [-0.2, -0.15) is 5.54 Å². The van der Waals surface area contributed by atoms with Crippen molar-refractivity contribution >= 4 is 11.8 Å². The molecule has 0 aromatic heterocycles. The molecule has 4 nitrogen and oxygen atoms in total. The lowest BCUT2D eigenvalue weighted by Crippen LogP contribution is -2.32. The lowest BCUT2D eigenvalue weighted by molar-refractivity contribution is 0.0755. The number of halogens is 1. The topological polar surface area (TPSA) is 49.4 Å². The number of hydrogen-bond donors (Lipinski definition) is 1. The van der Waals surface area contributed by atoms with E-state index >= 15 is 0 Å². The molecule has 104 valence electrons. The number of benzene rings is 1. The predicted octanol–water partition coefficient (Wildman–Crippen LogP) is 2.56. The van der Waals surface area contributed by atoms with E-state index < -0.39 is 5.91 Å². The third-order valence-electron chi connectivity index (χ3n) is 2.73. The van der Waals surface area contributed by atoms with Crippen LogP contribution in [0.15, 0.2) is 24.3 Å². The highest BCUT2D eigenvalue weighted by Crippen LogP contribution is 2.10. The van der Waals surface area contributed by atoms with Crippen LogP contribution in [0.5, 0.6) is 0 Å². The van der Waals surface area contributed by atoms with E-state index in [1.54, 1.807) is 17.0 Å². The van der Waals surface area contributed by atoms with Crippen LogP contribution in [-0.4, -0.2) is 29.8 Å². The van der Waals surface area contributed by atoms with Crippen molar-refractivity contribution in [1.82, 2.24) is 10.4 Å². The van der Waals surface area contributed by atoms with E-state index in [4.69, 9.17) is 0 Å². The summed E-state index contributed by atoms with van der Waals surface area (Å²) >= 11 is 0. The lowest BCUT2D eigenvalue weighted by Gasteiger charge is -2.21. The first-order valence-corrected chi connectivity index (χ1v) is 6.44. The molecule has 0 aliphatic carbocycles. The molecule has 19 heavy (non-hydrogen) atoms. The molecule has 2 amide bonds. The molecule has 0 unspecified atom stereocenters. The van der Waals surface area contributed by atoms with Gasteiger partial charge in [0.05, 0.1) is 0 Å². The third-order valence-corrected chi connectivity index (χ3v) is 2.73. The van der Waals surface area contributed by atoms with Gasteiger partial charge in [0.15, 0.2) is 0 Å². The number of nitrogens with one attached hydrogen (secondary N) is 1. The van der Waals surface area contributed by atoms with E-state index in [2.05, 4.69) is 0 Å². The molecule has 1 rings (SSSR count). The summed E-state index contributed by atoms with van der Waals surface area (Å²) in [5.41, 5.74) is 1.61. The van der Waals surface area contributed by atoms with E-state index in [-0.39, 0.29) is 11.5 Å². The van der Waals surface area contributed by atoms with Crippen molar-refractivity contribution in [3.05, 3.63) is 35.4 Å². The second-order valence-electron chi connectivity index (χ2n) is 4.30. The van der Waals surface area contributed by atoms with Gasteiger partial charge in [-0.1, -0.05) is 24.4 Å². The Hall–Kier alpha value is -1.91. The molecule has 0 saturated carbocycles. The fraction of sp³-hybridized carbons (Fsp3) is 0.429. The monoisotopic (exact) mass is 266 g/mol. The molecule has 0 aliphatic rings. The minimum absolute atomic E-state index is 0.128. The van der Waals surface area contributed by atoms with E-state index in [1.807, 2.05) is 13.8 Å². The summed E-state index contributed by atoms with van der Waals surface area (Å²) in [5, 5.41) is 0. The fourth-order valence-corrected chi connectivity index (χ4v) is 1.89. The molecule has 0 radical (unpaired) electrons. The van der Waals surface area contributed by atoms with Crippen LogP contribution in [0.3, 0.4) is 0 Å². The fourth-order valence-electron chi connectivity index (χ4n) is 1.89. The summed E-state index contributed by atoms with van der Waals surface area (Å²) in [6.45, 7) is 5.35. The first kappa shape index (κ1) is 15.1. The van der Waals surface area contributed by atoms with Gasteiger partial charge in [0.25, 0.3) is 11.8 Å². The van der Waals surface area contributed by atoms with Crippen molar-refractivity contribution in [2.24, 2.45) is 0 Å². The quantitative estimate of drug-likeness (QED) is 0.804. The number of carbonyl (C=O) groups is 2. The second-order valence-corrected chi connectivity index (χ2v) is 4.30. The minimum atomic E-state index is -0.841. The maximum Gasteiger partial charge on any atom is 0.278 e. The zero-order chi connectivity index (χ0) is 14.3. The molecule has 0 fully saturated rings. The smallest absolute Gasteiger partial charge is 0.278 e. The minimum Gasteiger partial charge on any atom is -0.339 e. The van der Waals surface area contributed by atoms with Crippen molar-refractivity contribution < 1.29 is 14.1 Å². The number of carbonyl (C=O) groups excluding carboxylic acids is 2. The zero-order valence-electron chi connectivity index (χ0n) is 11.3. The first-order valence-electron chi connectivity index (χ1n) is 6.44. The van der Waals surface area contributed by atoms with Gasteiger partial charge in [-0.15, -0.1) is 0 Å². The summed E-state index contributed by atoms with van der Waals surface area (Å²) < 4.78 is 12.1. The lowest BCUT2D eigenvalue weighted by atomic mass is 10.1. The standard InChI is InChI=1S/C14H19FN2O2/c1-3-8-17(9-4-2)14(19)12-7-5-6-11(10-12)13(18)16-15/h5-7,10H,3-4,8-9H2,1-2H3,(H,16,18). The average molecular weight is 266 g/mol. The highest BCUT2D eigenvalue weighted by atomic mass is 19.2. The molecule has 5 heteroatoms. The Bertz CT molecular complexity index is 443. The Labute approximate surface area is 112 Å². The maximum absolute atomic E-state index is 12.3. The first-order chi connectivity index (χ1) is 9.13. The van der Waals surface area contributed by atoms with Crippen molar-refractivity contribution in [3.8, 4) is 0 Å². The van der Waals surface area contributed by atoms with Crippen LogP contribution in [0, 0.1) is 0 Å². The zero-order valence-corrected chi connectivity index (χ0v) is 11.3. The Morgan fingerprint density at radius 1 is 1.16 bits per heavy atom. The van der Waals surface area contributed by atoms with E-state index in [0.717, 1.165) is 18.4 Å². The van der Waals surface area contributed by atoms with Gasteiger partial charge in [0, 0.05) is 24.2 Å². The van der Waals surface area contributed by atoms with Gasteiger partial charge in [0.2, 0.25) is 0 Å². The SMILES string of the molecule is CCCN(CCC)C(=O)c1cccc(C(=O)NF)c1. The van der Waals surface area contributed by atoms with Gasteiger partial charge in [-0.25, -0.2) is 0 Å². The Morgan fingerprint density at radius 2 is 1.74 bits per heavy atom. The maximum atomic E-state index is 12.3. The number of hydrogen-bond acceptors (Lipinski definition) is 2. The number of nitrogens with zero attached hydrogens (tertiary/aromatic N) is 1. The van der Waals surface area contributed by atoms with Crippen molar-refractivity contribution in [2.75, 3.05) is 13.1 Å². The summed E-state index contributed by atoms with van der Waals surface area (Å²) in [5.74, 6) is -0.968. The van der Waals surface area contributed by atoms with Crippen molar-refractivity contribution in [3.63, 3.8) is 0 Å². The normalized spacial score (nSPS) is 10.1. The molecule has 1 aromatic carbocycles. The molecule has 1 aromatic rings. The predicted molar refractivity (Wildman–Crippen MR) is 71.5 cm³/mol. The molecular formula is C14H19FN2O2. The molecule has 0 atom stereocenters. The van der Waals surface area contributed by atoms with Gasteiger partial charge in [-0.3, -0.25) is 9.59 Å². The summed E-state index contributed by atoms with van der Waals surface area (Å²) in [4.78, 5) is 25.2. The molecule has 0 saturated heterocycles. The highest BCUT2D eigenvalue weighted by molar-refractivity contribution is 5.99. The second kappa shape index (κ2) is 7.51. The Balaban J connectivity index is 2.94. The van der Waals surface area contributed by atoms with E-state index in [0.29, 0.717) is 18.7 Å². The molecule has 0 aliphatic heterocycles. The van der Waals surface area contributed by atoms with Crippen LogP contribution in [-0.2, 0) is 0 Å². The summed E-state index contributed by atoms with van der Waals surface area (Å²) in [7, 11) is 0.